The second kappa shape index (κ2) is 4.29. The summed E-state index contributed by atoms with van der Waals surface area (Å²) in [4.78, 5) is 4.55. The molecule has 0 spiro atoms. The van der Waals surface area contributed by atoms with Crippen LogP contribution in [0.2, 0.25) is 0 Å². The summed E-state index contributed by atoms with van der Waals surface area (Å²) in [5.74, 6) is 4.29. The maximum absolute atomic E-state index is 4.55. The van der Waals surface area contributed by atoms with Crippen LogP contribution >= 0.6 is 23.3 Å². The molecule has 5 heteroatoms. The first-order valence-electron chi connectivity index (χ1n) is 5.60. The Labute approximate surface area is 98.2 Å². The van der Waals surface area contributed by atoms with E-state index in [0.717, 1.165) is 11.0 Å². The summed E-state index contributed by atoms with van der Waals surface area (Å²) >= 11 is 3.57. The highest BCUT2D eigenvalue weighted by molar-refractivity contribution is 7.99. The van der Waals surface area contributed by atoms with E-state index in [1.165, 1.54) is 48.7 Å². The smallest absolute Gasteiger partial charge is 0.202 e. The third-order valence-corrected chi connectivity index (χ3v) is 4.75. The SMILES string of the molecule is C1CSCC(Nc2nc(C3CC3)ns2)C1. The third kappa shape index (κ3) is 2.45. The second-order valence-corrected chi connectivity index (χ2v) is 6.19. The Morgan fingerprint density at radius 1 is 1.27 bits per heavy atom. The van der Waals surface area contributed by atoms with E-state index in [2.05, 4.69) is 14.7 Å². The fourth-order valence-electron chi connectivity index (χ4n) is 1.83. The first kappa shape index (κ1) is 9.90. The molecule has 1 aromatic rings. The van der Waals surface area contributed by atoms with Gasteiger partial charge in [-0.2, -0.15) is 16.1 Å². The fourth-order valence-corrected chi connectivity index (χ4v) is 3.63. The lowest BCUT2D eigenvalue weighted by Gasteiger charge is -2.21. The summed E-state index contributed by atoms with van der Waals surface area (Å²) in [6.45, 7) is 0. The minimum absolute atomic E-state index is 0.615. The van der Waals surface area contributed by atoms with Crippen molar-refractivity contribution in [1.82, 2.24) is 9.36 Å². The van der Waals surface area contributed by atoms with Crippen LogP contribution in [0.15, 0.2) is 0 Å². The molecule has 1 saturated carbocycles. The van der Waals surface area contributed by atoms with Gasteiger partial charge in [-0.1, -0.05) is 0 Å². The first-order chi connectivity index (χ1) is 7.42. The van der Waals surface area contributed by atoms with E-state index < -0.39 is 0 Å². The Bertz CT molecular complexity index is 329. The number of aromatic nitrogens is 2. The summed E-state index contributed by atoms with van der Waals surface area (Å²) in [5.41, 5.74) is 0. The number of nitrogens with one attached hydrogen (secondary N) is 1. The fraction of sp³-hybridized carbons (Fsp3) is 0.800. The van der Waals surface area contributed by atoms with Gasteiger partial charge in [0, 0.05) is 29.2 Å². The van der Waals surface area contributed by atoms with E-state index in [1.807, 2.05) is 11.8 Å². The third-order valence-electron chi connectivity index (χ3n) is 2.87. The van der Waals surface area contributed by atoms with Gasteiger partial charge in [0.25, 0.3) is 0 Å². The van der Waals surface area contributed by atoms with Crippen molar-refractivity contribution in [3.8, 4) is 0 Å². The van der Waals surface area contributed by atoms with Crippen molar-refractivity contribution in [2.45, 2.75) is 37.6 Å². The molecule has 2 aliphatic rings. The molecule has 1 aliphatic heterocycles. The number of hydrogen-bond donors (Lipinski definition) is 1. The average Bonchev–Trinajstić information content (AvgIpc) is 3.02. The molecule has 0 bridgehead atoms. The molecule has 1 atom stereocenters. The Balaban J connectivity index is 1.60. The van der Waals surface area contributed by atoms with Gasteiger partial charge in [-0.25, -0.2) is 4.98 Å². The van der Waals surface area contributed by atoms with Gasteiger partial charge < -0.3 is 5.32 Å². The van der Waals surface area contributed by atoms with E-state index in [0.29, 0.717) is 12.0 Å². The highest BCUT2D eigenvalue weighted by Gasteiger charge is 2.28. The predicted molar refractivity (Wildman–Crippen MR) is 65.9 cm³/mol. The van der Waals surface area contributed by atoms with Crippen LogP contribution in [-0.4, -0.2) is 26.9 Å². The van der Waals surface area contributed by atoms with Crippen molar-refractivity contribution >= 4 is 28.4 Å². The van der Waals surface area contributed by atoms with Crippen molar-refractivity contribution in [2.75, 3.05) is 16.8 Å². The number of rotatable bonds is 3. The minimum Gasteiger partial charge on any atom is -0.357 e. The Hall–Kier alpha value is -0.290. The average molecular weight is 241 g/mol. The molecular formula is C10H15N3S2. The normalized spacial score (nSPS) is 26.5. The standard InChI is InChI=1S/C10H15N3S2/c1-2-8(6-14-5-1)11-10-12-9(13-15-10)7-3-4-7/h7-8H,1-6H2,(H,11,12,13). The van der Waals surface area contributed by atoms with Crippen LogP contribution in [0.25, 0.3) is 0 Å². The van der Waals surface area contributed by atoms with Gasteiger partial charge in [-0.3, -0.25) is 0 Å². The van der Waals surface area contributed by atoms with Crippen LogP contribution in [0.5, 0.6) is 0 Å². The zero-order valence-corrected chi connectivity index (χ0v) is 10.2. The largest absolute Gasteiger partial charge is 0.357 e. The van der Waals surface area contributed by atoms with Crippen molar-refractivity contribution < 1.29 is 0 Å². The van der Waals surface area contributed by atoms with Crippen molar-refractivity contribution in [3.63, 3.8) is 0 Å². The Morgan fingerprint density at radius 2 is 2.20 bits per heavy atom. The van der Waals surface area contributed by atoms with Crippen LogP contribution in [-0.2, 0) is 0 Å². The van der Waals surface area contributed by atoms with Crippen molar-refractivity contribution in [1.29, 1.82) is 0 Å². The van der Waals surface area contributed by atoms with Gasteiger partial charge in [0.15, 0.2) is 0 Å². The van der Waals surface area contributed by atoms with Gasteiger partial charge in [0.05, 0.1) is 0 Å². The van der Waals surface area contributed by atoms with Gasteiger partial charge >= 0.3 is 0 Å². The molecule has 0 radical (unpaired) electrons. The summed E-state index contributed by atoms with van der Waals surface area (Å²) in [5, 5.41) is 4.54. The first-order valence-corrected chi connectivity index (χ1v) is 7.52. The van der Waals surface area contributed by atoms with Gasteiger partial charge in [0.1, 0.15) is 5.82 Å². The molecule has 1 aromatic heterocycles. The molecule has 15 heavy (non-hydrogen) atoms. The van der Waals surface area contributed by atoms with Crippen molar-refractivity contribution in [2.24, 2.45) is 0 Å². The molecule has 3 nitrogen and oxygen atoms in total. The van der Waals surface area contributed by atoms with Crippen LogP contribution in [0.4, 0.5) is 5.13 Å². The van der Waals surface area contributed by atoms with Crippen LogP contribution in [0.3, 0.4) is 0 Å². The zero-order chi connectivity index (χ0) is 10.1. The molecule has 1 saturated heterocycles. The monoisotopic (exact) mass is 241 g/mol. The molecular weight excluding hydrogens is 226 g/mol. The molecule has 3 rings (SSSR count). The summed E-state index contributed by atoms with van der Waals surface area (Å²) in [6, 6.07) is 0.615. The van der Waals surface area contributed by atoms with Crippen LogP contribution < -0.4 is 5.32 Å². The van der Waals surface area contributed by atoms with Crippen molar-refractivity contribution in [3.05, 3.63) is 5.82 Å². The molecule has 1 aliphatic carbocycles. The van der Waals surface area contributed by atoms with E-state index in [4.69, 9.17) is 0 Å². The van der Waals surface area contributed by atoms with Gasteiger partial charge in [0.2, 0.25) is 5.13 Å². The molecule has 82 valence electrons. The van der Waals surface area contributed by atoms with E-state index in [9.17, 15) is 0 Å². The van der Waals surface area contributed by atoms with Gasteiger partial charge in [-0.05, 0) is 31.4 Å². The number of nitrogens with zero attached hydrogens (tertiary/aromatic N) is 2. The Kier molecular flexibility index (Phi) is 2.83. The lowest BCUT2D eigenvalue weighted by Crippen LogP contribution is -2.25. The van der Waals surface area contributed by atoms with E-state index in [-0.39, 0.29) is 0 Å². The van der Waals surface area contributed by atoms with Gasteiger partial charge in [-0.15, -0.1) is 0 Å². The lowest BCUT2D eigenvalue weighted by atomic mass is 10.2. The minimum atomic E-state index is 0.615. The Morgan fingerprint density at radius 3 is 2.93 bits per heavy atom. The van der Waals surface area contributed by atoms with E-state index >= 15 is 0 Å². The molecule has 0 aromatic carbocycles. The summed E-state index contributed by atoms with van der Waals surface area (Å²) < 4.78 is 4.40. The molecule has 1 unspecified atom stereocenters. The van der Waals surface area contributed by atoms with Crippen LogP contribution in [0, 0.1) is 0 Å². The molecule has 0 amide bonds. The van der Waals surface area contributed by atoms with Crippen LogP contribution in [0.1, 0.15) is 37.4 Å². The molecule has 1 N–H and O–H groups in total. The molecule has 2 fully saturated rings. The molecule has 2 heterocycles. The summed E-state index contributed by atoms with van der Waals surface area (Å²) in [6.07, 6.45) is 5.19. The van der Waals surface area contributed by atoms with E-state index in [1.54, 1.807) is 0 Å². The lowest BCUT2D eigenvalue weighted by molar-refractivity contribution is 0.684. The quantitative estimate of drug-likeness (QED) is 0.883. The highest BCUT2D eigenvalue weighted by atomic mass is 32.2. The maximum Gasteiger partial charge on any atom is 0.202 e. The topological polar surface area (TPSA) is 37.8 Å². The highest BCUT2D eigenvalue weighted by Crippen LogP contribution is 2.39. The maximum atomic E-state index is 4.55. The number of thioether (sulfide) groups is 1. The summed E-state index contributed by atoms with van der Waals surface area (Å²) in [7, 11) is 0. The number of anilines is 1. The number of hydrogen-bond acceptors (Lipinski definition) is 5. The zero-order valence-electron chi connectivity index (χ0n) is 8.61. The second-order valence-electron chi connectivity index (χ2n) is 4.29. The predicted octanol–water partition coefficient (Wildman–Crippen LogP) is 2.72.